The Hall–Kier alpha value is -2.54. The molecule has 2 fully saturated rings. The van der Waals surface area contributed by atoms with Gasteiger partial charge in [0.05, 0.1) is 6.20 Å². The van der Waals surface area contributed by atoms with Crippen molar-refractivity contribution in [3.8, 4) is 11.1 Å². The van der Waals surface area contributed by atoms with Crippen LogP contribution in [0.4, 0.5) is 10.5 Å². The standard InChI is InChI=1S/C24H35N5O2/c1-24(2,3)31-23(30)29-14-12-27(13-15-29)18-19-8-10-28(11-9-19)22-6-4-20(5-7-22)21-16-25-26-17-21/h4-7,16-17,19H,8-15,18H2,1-3H3,(H,25,26). The lowest BCUT2D eigenvalue weighted by Gasteiger charge is -2.39. The highest BCUT2D eigenvalue weighted by Gasteiger charge is 2.28. The van der Waals surface area contributed by atoms with Crippen molar-refractivity contribution in [2.75, 3.05) is 50.7 Å². The van der Waals surface area contributed by atoms with Crippen LogP contribution in [0.5, 0.6) is 0 Å². The number of amides is 1. The van der Waals surface area contributed by atoms with E-state index in [0.29, 0.717) is 0 Å². The number of hydrogen-bond acceptors (Lipinski definition) is 5. The molecular formula is C24H35N5O2. The van der Waals surface area contributed by atoms with E-state index >= 15 is 0 Å². The fourth-order valence-corrected chi connectivity index (χ4v) is 4.45. The summed E-state index contributed by atoms with van der Waals surface area (Å²) < 4.78 is 5.50. The van der Waals surface area contributed by atoms with Crippen molar-refractivity contribution in [3.63, 3.8) is 0 Å². The summed E-state index contributed by atoms with van der Waals surface area (Å²) in [5, 5.41) is 6.90. The second kappa shape index (κ2) is 9.30. The molecule has 0 unspecified atom stereocenters. The normalized spacial score (nSPS) is 18.9. The third-order valence-electron chi connectivity index (χ3n) is 6.22. The smallest absolute Gasteiger partial charge is 0.410 e. The van der Waals surface area contributed by atoms with E-state index in [1.54, 1.807) is 0 Å². The molecule has 7 heteroatoms. The number of piperazine rings is 1. The van der Waals surface area contributed by atoms with Gasteiger partial charge in [-0.3, -0.25) is 10.00 Å². The lowest BCUT2D eigenvalue weighted by atomic mass is 9.95. The Kier molecular flexibility index (Phi) is 6.51. The van der Waals surface area contributed by atoms with Crippen LogP contribution < -0.4 is 4.90 Å². The first-order valence-corrected chi connectivity index (χ1v) is 11.4. The molecule has 4 rings (SSSR count). The molecule has 31 heavy (non-hydrogen) atoms. The maximum absolute atomic E-state index is 12.2. The summed E-state index contributed by atoms with van der Waals surface area (Å²) in [4.78, 5) is 19.1. The van der Waals surface area contributed by atoms with Gasteiger partial charge in [0.1, 0.15) is 5.60 Å². The first-order chi connectivity index (χ1) is 14.9. The highest BCUT2D eigenvalue weighted by molar-refractivity contribution is 5.68. The summed E-state index contributed by atoms with van der Waals surface area (Å²) in [6, 6.07) is 8.80. The fraction of sp³-hybridized carbons (Fsp3) is 0.583. The maximum Gasteiger partial charge on any atom is 0.410 e. The van der Waals surface area contributed by atoms with Crippen molar-refractivity contribution < 1.29 is 9.53 Å². The third kappa shape index (κ3) is 5.79. The number of nitrogens with zero attached hydrogens (tertiary/aromatic N) is 4. The monoisotopic (exact) mass is 425 g/mol. The molecule has 2 aliphatic heterocycles. The molecule has 168 valence electrons. The number of benzene rings is 1. The molecule has 0 spiro atoms. The predicted molar refractivity (Wildman–Crippen MR) is 123 cm³/mol. The molecule has 0 saturated carbocycles. The Morgan fingerprint density at radius 1 is 1.03 bits per heavy atom. The molecule has 0 bridgehead atoms. The molecule has 2 aromatic rings. The average Bonchev–Trinajstić information content (AvgIpc) is 3.29. The van der Waals surface area contributed by atoms with Crippen LogP contribution in [0.15, 0.2) is 36.7 Å². The highest BCUT2D eigenvalue weighted by atomic mass is 16.6. The van der Waals surface area contributed by atoms with Crippen LogP contribution in [0.3, 0.4) is 0 Å². The van der Waals surface area contributed by atoms with Gasteiger partial charge in [-0.2, -0.15) is 5.10 Å². The molecule has 3 heterocycles. The molecule has 1 aromatic carbocycles. The second-order valence-corrected chi connectivity index (χ2v) is 9.73. The van der Waals surface area contributed by atoms with E-state index in [0.717, 1.165) is 57.3 Å². The number of hydrogen-bond donors (Lipinski definition) is 1. The van der Waals surface area contributed by atoms with Gasteiger partial charge >= 0.3 is 6.09 Å². The summed E-state index contributed by atoms with van der Waals surface area (Å²) in [6.07, 6.45) is 6.03. The van der Waals surface area contributed by atoms with Crippen molar-refractivity contribution in [2.45, 2.75) is 39.2 Å². The zero-order valence-electron chi connectivity index (χ0n) is 19.0. The second-order valence-electron chi connectivity index (χ2n) is 9.73. The van der Waals surface area contributed by atoms with Crippen LogP contribution in [0.2, 0.25) is 0 Å². The van der Waals surface area contributed by atoms with Gasteiger partial charge < -0.3 is 14.5 Å². The van der Waals surface area contributed by atoms with E-state index in [1.165, 1.54) is 24.1 Å². The van der Waals surface area contributed by atoms with Gasteiger partial charge in [0.2, 0.25) is 0 Å². The van der Waals surface area contributed by atoms with Gasteiger partial charge in [-0.1, -0.05) is 12.1 Å². The van der Waals surface area contributed by atoms with Gasteiger partial charge in [-0.05, 0) is 57.2 Å². The zero-order chi connectivity index (χ0) is 21.8. The summed E-state index contributed by atoms with van der Waals surface area (Å²) in [5.41, 5.74) is 3.19. The number of ether oxygens (including phenoxy) is 1. The number of carbonyl (C=O) groups excluding carboxylic acids is 1. The van der Waals surface area contributed by atoms with Crippen LogP contribution in [0, 0.1) is 5.92 Å². The van der Waals surface area contributed by atoms with E-state index in [1.807, 2.05) is 38.1 Å². The van der Waals surface area contributed by atoms with Crippen LogP contribution in [0.1, 0.15) is 33.6 Å². The Morgan fingerprint density at radius 2 is 1.71 bits per heavy atom. The fourth-order valence-electron chi connectivity index (χ4n) is 4.45. The molecule has 0 atom stereocenters. The van der Waals surface area contributed by atoms with Crippen molar-refractivity contribution in [3.05, 3.63) is 36.7 Å². The minimum Gasteiger partial charge on any atom is -0.444 e. The molecule has 1 amide bonds. The molecule has 2 saturated heterocycles. The number of piperidine rings is 1. The number of aromatic nitrogens is 2. The van der Waals surface area contributed by atoms with Crippen molar-refractivity contribution in [1.29, 1.82) is 0 Å². The first kappa shape index (κ1) is 21.7. The van der Waals surface area contributed by atoms with Crippen LogP contribution in [-0.2, 0) is 4.74 Å². The number of carbonyl (C=O) groups is 1. The summed E-state index contributed by atoms with van der Waals surface area (Å²) in [7, 11) is 0. The Morgan fingerprint density at radius 3 is 2.29 bits per heavy atom. The topological polar surface area (TPSA) is 64.7 Å². The third-order valence-corrected chi connectivity index (χ3v) is 6.22. The molecular weight excluding hydrogens is 390 g/mol. The van der Waals surface area contributed by atoms with Crippen molar-refractivity contribution >= 4 is 11.8 Å². The number of nitrogens with one attached hydrogen (secondary N) is 1. The highest BCUT2D eigenvalue weighted by Crippen LogP contribution is 2.27. The van der Waals surface area contributed by atoms with Crippen LogP contribution in [0.25, 0.3) is 11.1 Å². The SMILES string of the molecule is CC(C)(C)OC(=O)N1CCN(CC2CCN(c3ccc(-c4cn[nH]c4)cc3)CC2)CC1. The van der Waals surface area contributed by atoms with Gasteiger partial charge in [0.15, 0.2) is 0 Å². The summed E-state index contributed by atoms with van der Waals surface area (Å²) in [5.74, 6) is 0.731. The molecule has 1 N–H and O–H groups in total. The molecule has 1 aromatic heterocycles. The van der Waals surface area contributed by atoms with Gasteiger partial charge in [0.25, 0.3) is 0 Å². The Balaban J connectivity index is 1.20. The summed E-state index contributed by atoms with van der Waals surface area (Å²) in [6.45, 7) is 12.5. The van der Waals surface area contributed by atoms with E-state index in [2.05, 4.69) is 44.3 Å². The van der Waals surface area contributed by atoms with Crippen LogP contribution >= 0.6 is 0 Å². The minimum absolute atomic E-state index is 0.181. The van der Waals surface area contributed by atoms with Gasteiger partial charge in [-0.25, -0.2) is 4.79 Å². The zero-order valence-corrected chi connectivity index (χ0v) is 19.0. The quantitative estimate of drug-likeness (QED) is 0.806. The largest absolute Gasteiger partial charge is 0.444 e. The lowest BCUT2D eigenvalue weighted by molar-refractivity contribution is 0.0130. The average molecular weight is 426 g/mol. The first-order valence-electron chi connectivity index (χ1n) is 11.4. The molecule has 0 radical (unpaired) electrons. The van der Waals surface area contributed by atoms with E-state index in [-0.39, 0.29) is 6.09 Å². The number of aromatic amines is 1. The van der Waals surface area contributed by atoms with E-state index in [9.17, 15) is 4.79 Å². The lowest BCUT2D eigenvalue weighted by Crippen LogP contribution is -2.51. The van der Waals surface area contributed by atoms with Crippen LogP contribution in [-0.4, -0.2) is 77.5 Å². The summed E-state index contributed by atoms with van der Waals surface area (Å²) >= 11 is 0. The van der Waals surface area contributed by atoms with Crippen molar-refractivity contribution in [1.82, 2.24) is 20.0 Å². The van der Waals surface area contributed by atoms with E-state index in [4.69, 9.17) is 4.74 Å². The Bertz CT molecular complexity index is 828. The van der Waals surface area contributed by atoms with Gasteiger partial charge in [-0.15, -0.1) is 0 Å². The molecule has 2 aliphatic rings. The Labute approximate surface area is 185 Å². The predicted octanol–water partition coefficient (Wildman–Crippen LogP) is 3.85. The number of anilines is 1. The van der Waals surface area contributed by atoms with Gasteiger partial charge in [0, 0.05) is 63.3 Å². The molecule has 7 nitrogen and oxygen atoms in total. The minimum atomic E-state index is -0.429. The van der Waals surface area contributed by atoms with E-state index < -0.39 is 5.60 Å². The number of rotatable bonds is 4. The van der Waals surface area contributed by atoms with Crippen molar-refractivity contribution in [2.24, 2.45) is 5.92 Å². The molecule has 0 aliphatic carbocycles. The maximum atomic E-state index is 12.2. The number of H-pyrrole nitrogens is 1.